The van der Waals surface area contributed by atoms with Crippen LogP contribution in [0.1, 0.15) is 44.7 Å². The van der Waals surface area contributed by atoms with Crippen LogP contribution in [-0.4, -0.2) is 25.2 Å². The standard InChI is InChI=1S/C26H27F2NO5/c1-14(2)34-26(31)22-16(4)29-15(3)21(23(22)18-10-8-11-19(27)24(18)28)25(30)33-13-17-9-6-7-12-20(17)32-5/h6-12,14,23,29H,13H2,1-5H3. The lowest BCUT2D eigenvalue weighted by molar-refractivity contribution is -0.143. The highest BCUT2D eigenvalue weighted by molar-refractivity contribution is 6.00. The third-order valence-corrected chi connectivity index (χ3v) is 5.39. The maximum Gasteiger partial charge on any atom is 0.337 e. The van der Waals surface area contributed by atoms with Gasteiger partial charge >= 0.3 is 11.9 Å². The largest absolute Gasteiger partial charge is 0.496 e. The summed E-state index contributed by atoms with van der Waals surface area (Å²) in [5, 5.41) is 2.99. The number of methoxy groups -OCH3 is 1. The van der Waals surface area contributed by atoms with Gasteiger partial charge in [-0.15, -0.1) is 0 Å². The van der Waals surface area contributed by atoms with E-state index in [-0.39, 0.29) is 23.3 Å². The van der Waals surface area contributed by atoms with E-state index in [0.717, 1.165) is 6.07 Å². The molecule has 0 aliphatic carbocycles. The highest BCUT2D eigenvalue weighted by atomic mass is 19.2. The van der Waals surface area contributed by atoms with Crippen molar-refractivity contribution in [2.75, 3.05) is 7.11 Å². The number of carbonyl (C=O) groups excluding carboxylic acids is 2. The van der Waals surface area contributed by atoms with E-state index in [1.165, 1.54) is 19.2 Å². The van der Waals surface area contributed by atoms with Gasteiger partial charge in [-0.2, -0.15) is 0 Å². The van der Waals surface area contributed by atoms with Crippen LogP contribution in [0.5, 0.6) is 5.75 Å². The molecule has 0 fully saturated rings. The number of para-hydroxylation sites is 1. The summed E-state index contributed by atoms with van der Waals surface area (Å²) < 4.78 is 45.3. The van der Waals surface area contributed by atoms with Crippen LogP contribution in [0.15, 0.2) is 65.0 Å². The lowest BCUT2D eigenvalue weighted by atomic mass is 9.80. The summed E-state index contributed by atoms with van der Waals surface area (Å²) in [6.45, 7) is 6.45. The molecule has 1 heterocycles. The maximum atomic E-state index is 15.0. The molecular weight excluding hydrogens is 444 g/mol. The molecule has 1 unspecified atom stereocenters. The van der Waals surface area contributed by atoms with Crippen molar-refractivity contribution in [2.24, 2.45) is 0 Å². The van der Waals surface area contributed by atoms with Crippen molar-refractivity contribution in [3.8, 4) is 5.75 Å². The van der Waals surface area contributed by atoms with Crippen molar-refractivity contribution in [3.63, 3.8) is 0 Å². The molecule has 0 saturated carbocycles. The van der Waals surface area contributed by atoms with Gasteiger partial charge in [-0.1, -0.05) is 30.3 Å². The Bertz CT molecular complexity index is 1170. The summed E-state index contributed by atoms with van der Waals surface area (Å²) in [4.78, 5) is 26.3. The van der Waals surface area contributed by atoms with E-state index in [9.17, 15) is 18.4 Å². The molecule has 2 aromatic carbocycles. The van der Waals surface area contributed by atoms with Gasteiger partial charge < -0.3 is 19.5 Å². The number of hydrogen-bond acceptors (Lipinski definition) is 6. The predicted octanol–water partition coefficient (Wildman–Crippen LogP) is 4.90. The second-order valence-electron chi connectivity index (χ2n) is 8.12. The maximum absolute atomic E-state index is 15.0. The molecular formula is C26H27F2NO5. The number of nitrogens with one attached hydrogen (secondary N) is 1. The Morgan fingerprint density at radius 2 is 1.62 bits per heavy atom. The van der Waals surface area contributed by atoms with Crippen LogP contribution in [0, 0.1) is 11.6 Å². The first-order valence-corrected chi connectivity index (χ1v) is 10.8. The van der Waals surface area contributed by atoms with Gasteiger partial charge in [0.1, 0.15) is 12.4 Å². The lowest BCUT2D eigenvalue weighted by Gasteiger charge is -2.31. The minimum atomic E-state index is -1.23. The summed E-state index contributed by atoms with van der Waals surface area (Å²) in [5.74, 6) is -4.46. The SMILES string of the molecule is COc1ccccc1COC(=O)C1=C(C)NC(C)=C(C(=O)OC(C)C)C1c1cccc(F)c1F. The van der Waals surface area contributed by atoms with Crippen molar-refractivity contribution in [1.29, 1.82) is 0 Å². The molecule has 1 aliphatic heterocycles. The number of benzene rings is 2. The van der Waals surface area contributed by atoms with E-state index >= 15 is 0 Å². The molecule has 1 atom stereocenters. The quantitative estimate of drug-likeness (QED) is 0.579. The molecule has 1 aliphatic rings. The zero-order valence-electron chi connectivity index (χ0n) is 19.7. The van der Waals surface area contributed by atoms with Crippen LogP contribution < -0.4 is 10.1 Å². The Hall–Kier alpha value is -3.68. The number of halogens is 2. The number of ether oxygens (including phenoxy) is 3. The van der Waals surface area contributed by atoms with Gasteiger partial charge in [0.15, 0.2) is 11.6 Å². The van der Waals surface area contributed by atoms with Gasteiger partial charge in [0, 0.05) is 22.5 Å². The predicted molar refractivity (Wildman–Crippen MR) is 122 cm³/mol. The van der Waals surface area contributed by atoms with Crippen molar-refractivity contribution >= 4 is 11.9 Å². The van der Waals surface area contributed by atoms with Crippen LogP contribution in [0.2, 0.25) is 0 Å². The summed E-state index contributed by atoms with van der Waals surface area (Å²) in [5.41, 5.74) is 1.18. The molecule has 3 rings (SSSR count). The van der Waals surface area contributed by atoms with Gasteiger partial charge in [-0.05, 0) is 39.8 Å². The molecule has 0 saturated heterocycles. The van der Waals surface area contributed by atoms with Crippen LogP contribution in [0.3, 0.4) is 0 Å². The van der Waals surface area contributed by atoms with E-state index in [4.69, 9.17) is 14.2 Å². The molecule has 8 heteroatoms. The molecule has 34 heavy (non-hydrogen) atoms. The second-order valence-corrected chi connectivity index (χ2v) is 8.12. The summed E-state index contributed by atoms with van der Waals surface area (Å²) in [6, 6.07) is 10.7. The Labute approximate surface area is 197 Å². The minimum absolute atomic E-state index is 0.00745. The molecule has 0 aromatic heterocycles. The van der Waals surface area contributed by atoms with Crippen molar-refractivity contribution in [2.45, 2.75) is 46.3 Å². The Morgan fingerprint density at radius 3 is 2.26 bits per heavy atom. The molecule has 1 N–H and O–H groups in total. The van der Waals surface area contributed by atoms with Gasteiger partial charge in [0.2, 0.25) is 0 Å². The van der Waals surface area contributed by atoms with Crippen LogP contribution in [-0.2, 0) is 25.7 Å². The zero-order chi connectivity index (χ0) is 25.0. The van der Waals surface area contributed by atoms with E-state index in [1.807, 2.05) is 0 Å². The third-order valence-electron chi connectivity index (χ3n) is 5.39. The molecule has 6 nitrogen and oxygen atoms in total. The molecule has 2 aromatic rings. The van der Waals surface area contributed by atoms with Gasteiger partial charge in [-0.3, -0.25) is 0 Å². The first-order chi connectivity index (χ1) is 16.1. The molecule has 0 radical (unpaired) electrons. The molecule has 0 spiro atoms. The van der Waals surface area contributed by atoms with Crippen molar-refractivity contribution in [3.05, 3.63) is 87.8 Å². The fraction of sp³-hybridized carbons (Fsp3) is 0.308. The zero-order valence-corrected chi connectivity index (χ0v) is 19.7. The van der Waals surface area contributed by atoms with Gasteiger partial charge in [0.25, 0.3) is 0 Å². The van der Waals surface area contributed by atoms with Crippen molar-refractivity contribution < 1.29 is 32.6 Å². The Balaban J connectivity index is 2.06. The topological polar surface area (TPSA) is 73.9 Å². The van der Waals surface area contributed by atoms with Crippen LogP contribution in [0.25, 0.3) is 0 Å². The molecule has 0 bridgehead atoms. The number of allylic oxidation sites excluding steroid dienone is 2. The van der Waals surface area contributed by atoms with E-state index in [1.54, 1.807) is 52.0 Å². The minimum Gasteiger partial charge on any atom is -0.496 e. The van der Waals surface area contributed by atoms with E-state index < -0.39 is 35.6 Å². The summed E-state index contributed by atoms with van der Waals surface area (Å²) in [7, 11) is 1.50. The van der Waals surface area contributed by atoms with Gasteiger partial charge in [0.05, 0.1) is 30.3 Å². The number of esters is 2. The third kappa shape index (κ3) is 5.11. The van der Waals surface area contributed by atoms with E-state index in [2.05, 4.69) is 5.32 Å². The lowest BCUT2D eigenvalue weighted by Crippen LogP contribution is -2.33. The number of rotatable bonds is 7. The highest BCUT2D eigenvalue weighted by Crippen LogP contribution is 2.41. The normalized spacial score (nSPS) is 15.8. The summed E-state index contributed by atoms with van der Waals surface area (Å²) in [6.07, 6.45) is -0.459. The first kappa shape index (κ1) is 25.0. The van der Waals surface area contributed by atoms with Crippen LogP contribution in [0.4, 0.5) is 8.78 Å². The monoisotopic (exact) mass is 471 g/mol. The van der Waals surface area contributed by atoms with Crippen molar-refractivity contribution in [1.82, 2.24) is 5.32 Å². The number of carbonyl (C=O) groups is 2. The average molecular weight is 472 g/mol. The average Bonchev–Trinajstić information content (AvgIpc) is 2.78. The van der Waals surface area contributed by atoms with Crippen LogP contribution >= 0.6 is 0 Å². The molecule has 0 amide bonds. The Morgan fingerprint density at radius 1 is 0.971 bits per heavy atom. The first-order valence-electron chi connectivity index (χ1n) is 10.8. The van der Waals surface area contributed by atoms with Gasteiger partial charge in [-0.25, -0.2) is 18.4 Å². The summed E-state index contributed by atoms with van der Waals surface area (Å²) >= 11 is 0. The smallest absolute Gasteiger partial charge is 0.337 e. The fourth-order valence-electron chi connectivity index (χ4n) is 3.91. The number of hydrogen-bond donors (Lipinski definition) is 1. The molecule has 180 valence electrons. The fourth-order valence-corrected chi connectivity index (χ4v) is 3.91. The number of dihydropyridines is 1. The Kier molecular flexibility index (Phi) is 7.71. The highest BCUT2D eigenvalue weighted by Gasteiger charge is 2.40. The van der Waals surface area contributed by atoms with E-state index in [0.29, 0.717) is 22.7 Å². The second kappa shape index (κ2) is 10.5.